The zero-order chi connectivity index (χ0) is 89.9. The summed E-state index contributed by atoms with van der Waals surface area (Å²) in [6.07, 6.45) is 0.517. The number of alkyl halides is 6. The van der Waals surface area contributed by atoms with Crippen molar-refractivity contribution in [2.75, 3.05) is 70.0 Å². The van der Waals surface area contributed by atoms with Crippen molar-refractivity contribution in [2.24, 2.45) is 0 Å². The van der Waals surface area contributed by atoms with Crippen molar-refractivity contribution in [2.45, 2.75) is 79.2 Å². The molecule has 0 spiro atoms. The Hall–Kier alpha value is -12.3. The lowest BCUT2D eigenvalue weighted by Gasteiger charge is -2.19. The van der Waals surface area contributed by atoms with E-state index < -0.39 is 66.0 Å². The van der Waals surface area contributed by atoms with E-state index in [1.807, 2.05) is 65.0 Å². The van der Waals surface area contributed by atoms with Crippen molar-refractivity contribution in [3.05, 3.63) is 273 Å². The van der Waals surface area contributed by atoms with Crippen molar-refractivity contribution in [1.29, 1.82) is 5.26 Å². The molecule has 0 saturated carbocycles. The predicted octanol–water partition coefficient (Wildman–Crippen LogP) is 21.1. The van der Waals surface area contributed by atoms with E-state index in [4.69, 9.17) is 33.7 Å². The van der Waals surface area contributed by atoms with Crippen LogP contribution in [-0.4, -0.2) is 114 Å². The Morgan fingerprint density at radius 3 is 1.03 bits per heavy atom. The molecule has 119 heavy (non-hydrogen) atoms. The first-order chi connectivity index (χ1) is 56.0. The summed E-state index contributed by atoms with van der Waals surface area (Å²) in [6, 6.07) is 45.7. The Morgan fingerprint density at radius 2 is 0.697 bits per heavy atom. The highest BCUT2D eigenvalue weighted by molar-refractivity contribution is 7.88. The molecule has 1 amide bonds. The molecule has 0 aliphatic heterocycles. The highest BCUT2D eigenvalue weighted by Crippen LogP contribution is 2.39. The number of hydrogen-bond acceptors (Lipinski definition) is 17. The van der Waals surface area contributed by atoms with E-state index in [0.717, 1.165) is 71.2 Å². The minimum absolute atomic E-state index is 0.161. The Morgan fingerprint density at radius 1 is 0.370 bits per heavy atom. The highest BCUT2D eigenvalue weighted by Gasteiger charge is 2.50. The normalized spacial score (nSPS) is 10.6. The van der Waals surface area contributed by atoms with Gasteiger partial charge in [0.1, 0.15) is 81.0 Å². The van der Waals surface area contributed by atoms with Gasteiger partial charge in [0.25, 0.3) is 5.91 Å². The number of ketones is 1. The summed E-state index contributed by atoms with van der Waals surface area (Å²) in [7, 11) is -0.356. The minimum atomic E-state index is -5.87. The van der Waals surface area contributed by atoms with Crippen LogP contribution in [0.3, 0.4) is 0 Å². The molecule has 0 unspecified atom stereocenters. The molecule has 0 heterocycles. The van der Waals surface area contributed by atoms with Crippen LogP contribution in [-0.2, 0) is 33.1 Å². The maximum atomic E-state index is 13.4. The van der Waals surface area contributed by atoms with Crippen molar-refractivity contribution in [3.63, 3.8) is 0 Å². The number of ether oxygens (including phenoxy) is 8. The number of methoxy groups -OCH3 is 8. The molecule has 0 bridgehead atoms. The summed E-state index contributed by atoms with van der Waals surface area (Å²) in [4.78, 5) is 24.6. The molecule has 0 radical (unpaired) electrons. The van der Waals surface area contributed by atoms with Gasteiger partial charge in [-0.2, -0.15) is 48.4 Å². The third-order valence-electron chi connectivity index (χ3n) is 16.2. The van der Waals surface area contributed by atoms with E-state index in [-0.39, 0.29) is 81.6 Å². The van der Waals surface area contributed by atoms with E-state index in [1.165, 1.54) is 106 Å². The van der Waals surface area contributed by atoms with Gasteiger partial charge in [-0.25, -0.2) is 35.1 Å². The van der Waals surface area contributed by atoms with Gasteiger partial charge in [0.15, 0.2) is 28.8 Å². The second-order valence-electron chi connectivity index (χ2n) is 24.0. The van der Waals surface area contributed by atoms with Gasteiger partial charge in [-0.15, -0.1) is 0 Å². The van der Waals surface area contributed by atoms with Crippen LogP contribution in [0.15, 0.2) is 182 Å². The van der Waals surface area contributed by atoms with Crippen LogP contribution in [0.4, 0.5) is 61.5 Å². The molecule has 642 valence electrons. The van der Waals surface area contributed by atoms with Gasteiger partial charge >= 0.3 is 31.3 Å². The standard InChI is InChI=1S/C14H10FNO.C14H13FO.C12H16FNO2.2C10H10F4O4S.C9H9FO2.2C8H9FO/c1-17-14-7-6-12(15)8-13(14)11-4-2-10(9-16)3-5-11;1-10-5-3-4-6-12(10)13-9-11(15)7-8-14(13)16-2;1-4-14(5-2)12(15)10-8-9(13)6-7-11(10)16-3;2*1-3-6-4-8(17-2)9(5-7(6)11)18-19(15,16)10(12,13)14;1-6(11)8-5-7(10)3-4-9(8)12-2;2*1-6-5-7(9)3-4-8(6)10-2/h2-8H,1H3;3-9H,1-2H3;6-8H,4-5H2,1-3H3;2*4-5H,3H2,1-2H3;3-5H,1-2H3;2*3-5H,1-2H3. The number of carbonyl (C=O) groups excluding carboxylic acids is 2. The summed E-state index contributed by atoms with van der Waals surface area (Å²) >= 11 is 0. The quantitative estimate of drug-likeness (QED) is 0.0299. The summed E-state index contributed by atoms with van der Waals surface area (Å²) in [6.45, 7) is 15.2. The number of rotatable bonds is 20. The lowest BCUT2D eigenvalue weighted by Crippen LogP contribution is -2.30. The lowest BCUT2D eigenvalue weighted by molar-refractivity contribution is -0.0505. The number of nitrogens with zero attached hydrogens (tertiary/aromatic N) is 2. The maximum Gasteiger partial charge on any atom is 0.534 e. The molecule has 10 aromatic rings. The van der Waals surface area contributed by atoms with Crippen LogP contribution in [0, 0.1) is 78.6 Å². The number of halogens is 14. The molecule has 0 saturated heterocycles. The third kappa shape index (κ3) is 30.6. The number of carbonyl (C=O) groups is 2. The third-order valence-corrected chi connectivity index (χ3v) is 18.1. The summed E-state index contributed by atoms with van der Waals surface area (Å²) in [5.74, 6) is -2.80. The molecule has 0 aliphatic carbocycles. The fourth-order valence-electron chi connectivity index (χ4n) is 10.0. The fraction of sp³-hybridized carbons (Fsp3) is 0.259. The molecule has 0 fully saturated rings. The van der Waals surface area contributed by atoms with E-state index >= 15 is 0 Å². The smallest absolute Gasteiger partial charge is 0.496 e. The molecule has 0 aromatic heterocycles. The Labute approximate surface area is 681 Å². The molecule has 18 nitrogen and oxygen atoms in total. The molecule has 0 atom stereocenters. The van der Waals surface area contributed by atoms with Crippen LogP contribution < -0.4 is 46.3 Å². The zero-order valence-electron chi connectivity index (χ0n) is 67.2. The van der Waals surface area contributed by atoms with Crippen LogP contribution in [0.5, 0.6) is 57.5 Å². The number of nitriles is 1. The molecular formula is C85H86F14N2O16S2. The largest absolute Gasteiger partial charge is 0.534 e. The van der Waals surface area contributed by atoms with E-state index in [0.29, 0.717) is 59.3 Å². The van der Waals surface area contributed by atoms with Crippen LogP contribution in [0.1, 0.15) is 88.7 Å². The number of benzene rings is 10. The molecular weight excluding hydrogens is 1640 g/mol. The van der Waals surface area contributed by atoms with Crippen molar-refractivity contribution >= 4 is 31.9 Å². The Balaban J connectivity index is 0.000000355. The second-order valence-corrected chi connectivity index (χ2v) is 27.1. The molecule has 0 N–H and O–H groups in total. The predicted molar refractivity (Wildman–Crippen MR) is 421 cm³/mol. The summed E-state index contributed by atoms with van der Waals surface area (Å²) < 4.78 is 267. The topological polar surface area (TPSA) is 222 Å². The maximum absolute atomic E-state index is 13.4. The SMILES string of the molecule is CCN(CC)C(=O)c1cc(F)ccc1OC.CCc1cc(OC)c(OS(=O)(=O)C(F)(F)F)cc1F.CCc1cc(OC)c(OS(=O)(=O)C(F)(F)F)cc1F.COc1ccc(F)cc1-c1ccc(C#N)cc1.COc1ccc(F)cc1-c1ccccc1C.COc1ccc(F)cc1C.COc1ccc(F)cc1C.COc1ccc(F)cc1C(C)=O. The first-order valence-electron chi connectivity index (χ1n) is 35.0. The number of amides is 1. The first kappa shape index (κ1) is 101. The van der Waals surface area contributed by atoms with Gasteiger partial charge in [0, 0.05) is 36.3 Å². The summed E-state index contributed by atoms with van der Waals surface area (Å²) in [5.41, 5.74) is -3.72. The average Bonchev–Trinajstić information content (AvgIpc) is 0.806. The number of aryl methyl sites for hydroxylation is 5. The monoisotopic (exact) mass is 1720 g/mol. The zero-order valence-corrected chi connectivity index (χ0v) is 68.8. The molecule has 10 aromatic carbocycles. The van der Waals surface area contributed by atoms with Crippen molar-refractivity contribution in [1.82, 2.24) is 4.90 Å². The van der Waals surface area contributed by atoms with Gasteiger partial charge in [-0.1, -0.05) is 50.2 Å². The second kappa shape index (κ2) is 47.8. The van der Waals surface area contributed by atoms with Gasteiger partial charge in [0.05, 0.1) is 79.6 Å². The summed E-state index contributed by atoms with van der Waals surface area (Å²) in [5, 5.41) is 8.71. The number of hydrogen-bond donors (Lipinski definition) is 0. The first-order valence-corrected chi connectivity index (χ1v) is 37.8. The highest BCUT2D eigenvalue weighted by atomic mass is 32.2. The van der Waals surface area contributed by atoms with E-state index in [9.17, 15) is 87.9 Å². The van der Waals surface area contributed by atoms with Crippen molar-refractivity contribution < 1.29 is 134 Å². The van der Waals surface area contributed by atoms with Crippen LogP contribution >= 0.6 is 0 Å². The number of Topliss-reactive ketones (excluding diaryl/α,β-unsaturated/α-hetero) is 1. The molecule has 0 aliphatic rings. The van der Waals surface area contributed by atoms with E-state index in [1.54, 1.807) is 95.7 Å². The van der Waals surface area contributed by atoms with Gasteiger partial charge in [0.2, 0.25) is 0 Å². The Kier molecular flexibility index (Phi) is 40.6. The van der Waals surface area contributed by atoms with Gasteiger partial charge < -0.3 is 51.2 Å². The van der Waals surface area contributed by atoms with Gasteiger partial charge in [-0.3, -0.25) is 9.59 Å². The Bertz CT molecular complexity index is 5120. The van der Waals surface area contributed by atoms with Crippen LogP contribution in [0.2, 0.25) is 0 Å². The lowest BCUT2D eigenvalue weighted by atomic mass is 10.00. The molecule has 34 heteroatoms. The fourth-order valence-corrected chi connectivity index (χ4v) is 11.0. The van der Waals surface area contributed by atoms with E-state index in [2.05, 4.69) is 17.8 Å². The van der Waals surface area contributed by atoms with Crippen molar-refractivity contribution in [3.8, 4) is 85.8 Å². The van der Waals surface area contributed by atoms with Gasteiger partial charge in [-0.05, 0) is 227 Å². The minimum Gasteiger partial charge on any atom is -0.496 e. The molecule has 10 rings (SSSR count). The average molecular weight is 1720 g/mol. The van der Waals surface area contributed by atoms with Crippen LogP contribution in [0.25, 0.3) is 22.3 Å².